The van der Waals surface area contributed by atoms with E-state index < -0.39 is 188 Å². The van der Waals surface area contributed by atoms with Crippen LogP contribution in [0, 0.1) is 116 Å². The molecule has 28 heteroatoms. The minimum Gasteiger partial charge on any atom is -0.365 e. The van der Waals surface area contributed by atoms with Crippen LogP contribution < -0.4 is 43.1 Å². The van der Waals surface area contributed by atoms with Crippen molar-refractivity contribution in [3.63, 3.8) is 0 Å². The molecule has 0 saturated carbocycles. The Hall–Kier alpha value is -6.81. The Kier molecular flexibility index (Phi) is 14.0. The zero-order valence-electron chi connectivity index (χ0n) is 36.8. The summed E-state index contributed by atoms with van der Waals surface area (Å²) in [5, 5.41) is -4.35. The second kappa shape index (κ2) is 19.6. The van der Waals surface area contributed by atoms with Crippen LogP contribution in [-0.2, 0) is 17.8 Å². The Morgan fingerprint density at radius 3 is 0.474 bits per heavy atom. The summed E-state index contributed by atoms with van der Waals surface area (Å²) in [7, 11) is -13.0. The predicted octanol–water partition coefficient (Wildman–Crippen LogP) is 10.4. The summed E-state index contributed by atoms with van der Waals surface area (Å²) >= 11 is 0. The highest BCUT2D eigenvalue weighted by atomic mass is 31.2. The van der Waals surface area contributed by atoms with Crippen LogP contribution in [0.1, 0.15) is 0 Å². The van der Waals surface area contributed by atoms with Crippen molar-refractivity contribution < 1.29 is 106 Å². The average molecular weight is 1120 g/mol. The van der Waals surface area contributed by atoms with Gasteiger partial charge in [-0.1, -0.05) is 94.6 Å². The first kappa shape index (κ1) is 54.0. The Labute approximate surface area is 414 Å². The first-order chi connectivity index (χ1) is 36.0. The second-order valence-corrected chi connectivity index (χ2v) is 21.3. The molecule has 8 aromatic carbocycles. The maximum Gasteiger partial charge on any atom is 0.392 e. The molecule has 1 saturated heterocycles. The molecule has 0 spiro atoms. The highest BCUT2D eigenvalue weighted by Crippen LogP contribution is 2.71. The van der Waals surface area contributed by atoms with Crippen LogP contribution in [0.2, 0.25) is 0 Å². The molecule has 1 heterocycles. The molecule has 1 fully saturated rings. The van der Waals surface area contributed by atoms with Gasteiger partial charge in [-0.05, 0) is 48.5 Å². The Morgan fingerprint density at radius 2 is 0.329 bits per heavy atom. The fourth-order valence-electron chi connectivity index (χ4n) is 8.74. The molecular formula is C48H20B2F20O4P2. The van der Waals surface area contributed by atoms with Crippen molar-refractivity contribution in [2.24, 2.45) is 0 Å². The zero-order valence-corrected chi connectivity index (χ0v) is 38.6. The maximum atomic E-state index is 17.3. The third kappa shape index (κ3) is 7.89. The van der Waals surface area contributed by atoms with Crippen LogP contribution in [0.3, 0.4) is 0 Å². The van der Waals surface area contributed by atoms with Crippen molar-refractivity contribution in [3.05, 3.63) is 238 Å². The van der Waals surface area contributed by atoms with E-state index in [9.17, 15) is 0 Å². The number of benzene rings is 8. The molecule has 392 valence electrons. The van der Waals surface area contributed by atoms with Gasteiger partial charge in [0.1, 0.15) is 67.8 Å². The van der Waals surface area contributed by atoms with Crippen LogP contribution in [0.25, 0.3) is 0 Å². The molecule has 0 unspecified atom stereocenters. The van der Waals surface area contributed by atoms with E-state index >= 15 is 87.8 Å². The van der Waals surface area contributed by atoms with Gasteiger partial charge in [-0.25, -0.2) is 87.8 Å². The Balaban J connectivity index is 1.69. The minimum atomic E-state index is -6.50. The summed E-state index contributed by atoms with van der Waals surface area (Å²) < 4.78 is 353. The summed E-state index contributed by atoms with van der Waals surface area (Å²) in [4.78, 5) is 0. The normalized spacial score (nSPS) is 15.8. The molecule has 8 aromatic rings. The number of halogens is 20. The van der Waals surface area contributed by atoms with Crippen molar-refractivity contribution >= 4 is 71.6 Å². The average Bonchev–Trinajstić information content (AvgIpc) is 3.45. The van der Waals surface area contributed by atoms with Crippen LogP contribution in [0.4, 0.5) is 87.8 Å². The molecule has 4 nitrogen and oxygen atoms in total. The zero-order chi connectivity index (χ0) is 55.1. The fourth-order valence-corrected chi connectivity index (χ4v) is 15.5. The molecule has 76 heavy (non-hydrogen) atoms. The fraction of sp³-hybridized carbons (Fsp3) is 0. The van der Waals surface area contributed by atoms with E-state index in [2.05, 4.69) is 0 Å². The van der Waals surface area contributed by atoms with Crippen molar-refractivity contribution in [1.82, 2.24) is 0 Å². The van der Waals surface area contributed by atoms with Crippen molar-refractivity contribution in [3.8, 4) is 0 Å². The summed E-state index contributed by atoms with van der Waals surface area (Å²) in [6.07, 6.45) is 0. The monoisotopic (exact) mass is 1120 g/mol. The van der Waals surface area contributed by atoms with Gasteiger partial charge in [-0.2, -0.15) is 0 Å². The maximum absolute atomic E-state index is 17.3. The lowest BCUT2D eigenvalue weighted by Crippen LogP contribution is -2.74. The van der Waals surface area contributed by atoms with E-state index in [1.54, 1.807) is 0 Å². The SMILES string of the molecule is Fc1c(F)c(F)c([B-]2(c3c(F)c(F)c(F)c(F)c3F)O[P+](c3ccccc3)(c3ccccc3)O[B-](c3c(F)c(F)c(F)c(F)c3F)(c3c(F)c(F)c(F)c(F)c3F)O[P+](c3ccccc3)(c3ccccc3)O2)c(F)c1F. The minimum absolute atomic E-state index is 0.648. The van der Waals surface area contributed by atoms with Gasteiger partial charge in [0.2, 0.25) is 0 Å². The highest BCUT2D eigenvalue weighted by molar-refractivity contribution is 7.86. The molecule has 0 amide bonds. The van der Waals surface area contributed by atoms with E-state index in [4.69, 9.17) is 17.8 Å². The lowest BCUT2D eigenvalue weighted by Gasteiger charge is -2.55. The van der Waals surface area contributed by atoms with Crippen molar-refractivity contribution in [1.29, 1.82) is 0 Å². The number of hydrogen-bond donors (Lipinski definition) is 0. The lowest BCUT2D eigenvalue weighted by atomic mass is 9.46. The van der Waals surface area contributed by atoms with Crippen LogP contribution in [0.15, 0.2) is 121 Å². The summed E-state index contributed by atoms with van der Waals surface area (Å²) in [6.45, 7) is -13.0. The summed E-state index contributed by atoms with van der Waals surface area (Å²) in [5.41, 5.74) is -11.4. The molecule has 0 aromatic heterocycles. The first-order valence-electron chi connectivity index (χ1n) is 21.1. The molecule has 0 aliphatic carbocycles. The van der Waals surface area contributed by atoms with Gasteiger partial charge in [0, 0.05) is 0 Å². The first-order valence-corrected chi connectivity index (χ1v) is 24.4. The van der Waals surface area contributed by atoms with Gasteiger partial charge in [-0.3, -0.25) is 0 Å². The van der Waals surface area contributed by atoms with Gasteiger partial charge >= 0.3 is 13.1 Å². The smallest absolute Gasteiger partial charge is 0.365 e. The third-order valence-electron chi connectivity index (χ3n) is 12.1. The van der Waals surface area contributed by atoms with Crippen LogP contribution in [0.5, 0.6) is 0 Å². The highest BCUT2D eigenvalue weighted by Gasteiger charge is 2.70. The molecule has 1 aliphatic heterocycles. The van der Waals surface area contributed by atoms with E-state index in [-0.39, 0.29) is 0 Å². The van der Waals surface area contributed by atoms with E-state index in [1.165, 1.54) is 0 Å². The summed E-state index contributed by atoms with van der Waals surface area (Å²) in [5.74, 6) is -63.5. The molecule has 0 bridgehead atoms. The molecule has 0 radical (unpaired) electrons. The lowest BCUT2D eigenvalue weighted by molar-refractivity contribution is 0.316. The quantitative estimate of drug-likeness (QED) is 0.0500. The van der Waals surface area contributed by atoms with Gasteiger partial charge in [0.25, 0.3) is 15.4 Å². The molecule has 0 atom stereocenters. The molecule has 0 N–H and O–H groups in total. The Morgan fingerprint density at radius 1 is 0.197 bits per heavy atom. The largest absolute Gasteiger partial charge is 0.392 e. The van der Waals surface area contributed by atoms with E-state index in [1.807, 2.05) is 0 Å². The van der Waals surface area contributed by atoms with Crippen LogP contribution in [-0.4, -0.2) is 13.1 Å². The molecule has 9 rings (SSSR count). The van der Waals surface area contributed by atoms with Gasteiger partial charge in [0.05, 0.1) is 0 Å². The molecule has 1 aliphatic rings. The van der Waals surface area contributed by atoms with Crippen molar-refractivity contribution in [2.75, 3.05) is 0 Å². The third-order valence-corrected chi connectivity index (χ3v) is 18.4. The van der Waals surface area contributed by atoms with E-state index in [0.717, 1.165) is 72.8 Å². The molecular weight excluding hydrogens is 1100 g/mol. The van der Waals surface area contributed by atoms with Gasteiger partial charge < -0.3 is 17.8 Å². The van der Waals surface area contributed by atoms with Gasteiger partial charge in [0.15, 0.2) is 69.8 Å². The van der Waals surface area contributed by atoms with Crippen molar-refractivity contribution in [2.45, 2.75) is 0 Å². The summed E-state index contributed by atoms with van der Waals surface area (Å²) in [6, 6.07) is 16.4. The topological polar surface area (TPSA) is 36.9 Å². The Bertz CT molecular complexity index is 3060. The number of rotatable bonds is 8. The van der Waals surface area contributed by atoms with E-state index in [0.29, 0.717) is 48.5 Å². The second-order valence-electron chi connectivity index (χ2n) is 16.2. The standard InChI is InChI=1S/C48H20B2F20O4P2/c51-29-25(30(52)38(60)45(67)37(29)59)49(26-31(53)39(61)46(68)40(62)32(26)54)71-75(21-13-5-1-6-14-21,22-15-7-2-8-16-22)72-50(27-33(55)41(63)47(69)42(64)34(27)56,28-35(57)43(65)48(70)44(66)36(28)58)74-76(73-49,23-17-9-3-10-18-23)24-19-11-4-12-20-24/h1-20H. The van der Waals surface area contributed by atoms with Gasteiger partial charge in [-0.15, -0.1) is 0 Å². The van der Waals surface area contributed by atoms with Crippen LogP contribution >= 0.6 is 15.4 Å². The number of hydrogen-bond acceptors (Lipinski definition) is 4. The predicted molar refractivity (Wildman–Crippen MR) is 237 cm³/mol.